The van der Waals surface area contributed by atoms with Crippen LogP contribution in [0.5, 0.6) is 0 Å². The van der Waals surface area contributed by atoms with E-state index in [0.717, 1.165) is 11.1 Å². The summed E-state index contributed by atoms with van der Waals surface area (Å²) in [7, 11) is 0. The molecule has 0 spiro atoms. The predicted molar refractivity (Wildman–Crippen MR) is 96.5 cm³/mol. The maximum absolute atomic E-state index is 11.9. The van der Waals surface area contributed by atoms with E-state index in [4.69, 9.17) is 4.84 Å². The quantitative estimate of drug-likeness (QED) is 0.480. The van der Waals surface area contributed by atoms with E-state index in [1.165, 1.54) is 0 Å². The largest absolute Gasteiger partial charge is 0.365 e. The van der Waals surface area contributed by atoms with Gasteiger partial charge in [-0.3, -0.25) is 0 Å². The van der Waals surface area contributed by atoms with E-state index in [1.54, 1.807) is 48.6 Å². The van der Waals surface area contributed by atoms with Gasteiger partial charge < -0.3 is 4.84 Å². The lowest BCUT2D eigenvalue weighted by Crippen LogP contribution is -2.03. The van der Waals surface area contributed by atoms with Gasteiger partial charge in [-0.05, 0) is 35.4 Å². The van der Waals surface area contributed by atoms with E-state index in [1.807, 2.05) is 36.4 Å². The predicted octanol–water partition coefficient (Wildman–Crippen LogP) is 4.30. The average Bonchev–Trinajstić information content (AvgIpc) is 2.69. The van der Waals surface area contributed by atoms with Gasteiger partial charge in [-0.15, -0.1) is 0 Å². The highest BCUT2D eigenvalue weighted by atomic mass is 16.7. The number of hydrogen-bond donors (Lipinski definition) is 0. The molecule has 0 amide bonds. The van der Waals surface area contributed by atoms with Gasteiger partial charge in [-0.25, -0.2) is 4.79 Å². The Morgan fingerprint density at radius 1 is 0.840 bits per heavy atom. The number of hydrogen-bond acceptors (Lipinski definition) is 4. The van der Waals surface area contributed by atoms with Crippen LogP contribution < -0.4 is 0 Å². The SMILES string of the molecule is N#CC(=C1C=CC(=NOC(=O)c2ccccc2)C=C1)c1ccccc1. The molecule has 0 fully saturated rings. The first-order valence-electron chi connectivity index (χ1n) is 7.68. The number of carbonyl (C=O) groups excluding carboxylic acids is 1. The topological polar surface area (TPSA) is 62.4 Å². The number of nitriles is 1. The molecule has 0 aliphatic heterocycles. The Balaban J connectivity index is 1.75. The standard InChI is InChI=1S/C21H14N2O2/c22-15-20(16-7-3-1-4-8-16)17-11-13-19(14-12-17)23-25-21(24)18-9-5-2-6-10-18/h1-14H. The first-order valence-corrected chi connectivity index (χ1v) is 7.68. The van der Waals surface area contributed by atoms with Crippen LogP contribution in [0, 0.1) is 11.3 Å². The van der Waals surface area contributed by atoms with Crippen molar-refractivity contribution in [1.82, 2.24) is 0 Å². The van der Waals surface area contributed by atoms with Gasteiger partial charge in [0.15, 0.2) is 0 Å². The Morgan fingerprint density at radius 2 is 1.40 bits per heavy atom. The van der Waals surface area contributed by atoms with Crippen molar-refractivity contribution >= 4 is 17.3 Å². The molecule has 0 aromatic heterocycles. The summed E-state index contributed by atoms with van der Waals surface area (Å²) < 4.78 is 0. The molecule has 120 valence electrons. The van der Waals surface area contributed by atoms with Gasteiger partial charge in [0.05, 0.1) is 11.1 Å². The fourth-order valence-electron chi connectivity index (χ4n) is 2.31. The van der Waals surface area contributed by atoms with Gasteiger partial charge in [-0.2, -0.15) is 5.26 Å². The van der Waals surface area contributed by atoms with E-state index in [9.17, 15) is 10.1 Å². The normalized spacial score (nSPS) is 12.4. The summed E-state index contributed by atoms with van der Waals surface area (Å²) in [4.78, 5) is 16.8. The van der Waals surface area contributed by atoms with Crippen LogP contribution in [0.4, 0.5) is 0 Å². The van der Waals surface area contributed by atoms with E-state index >= 15 is 0 Å². The lowest BCUT2D eigenvalue weighted by Gasteiger charge is -2.06. The minimum Gasteiger partial charge on any atom is -0.312 e. The number of benzene rings is 2. The highest BCUT2D eigenvalue weighted by molar-refractivity contribution is 6.07. The zero-order valence-corrected chi connectivity index (χ0v) is 13.3. The lowest BCUT2D eigenvalue weighted by atomic mass is 9.97. The van der Waals surface area contributed by atoms with Crippen molar-refractivity contribution in [2.75, 3.05) is 0 Å². The van der Waals surface area contributed by atoms with Crippen LogP contribution in [0.25, 0.3) is 5.57 Å². The summed E-state index contributed by atoms with van der Waals surface area (Å²) in [5, 5.41) is 13.3. The van der Waals surface area contributed by atoms with Gasteiger partial charge in [0, 0.05) is 0 Å². The molecular weight excluding hydrogens is 312 g/mol. The maximum Gasteiger partial charge on any atom is 0.365 e. The number of carbonyl (C=O) groups is 1. The van der Waals surface area contributed by atoms with E-state index in [2.05, 4.69) is 11.2 Å². The zero-order valence-electron chi connectivity index (χ0n) is 13.3. The molecule has 0 saturated carbocycles. The van der Waals surface area contributed by atoms with Crippen molar-refractivity contribution in [1.29, 1.82) is 5.26 Å². The van der Waals surface area contributed by atoms with Crippen molar-refractivity contribution in [2.45, 2.75) is 0 Å². The second-order valence-corrected chi connectivity index (χ2v) is 5.24. The molecule has 0 atom stereocenters. The second kappa shape index (κ2) is 7.71. The van der Waals surface area contributed by atoms with Gasteiger partial charge >= 0.3 is 5.97 Å². The van der Waals surface area contributed by atoms with Crippen LogP contribution in [0.15, 0.2) is 95.7 Å². The maximum atomic E-state index is 11.9. The van der Waals surface area contributed by atoms with Crippen LogP contribution in [0.3, 0.4) is 0 Å². The third-order valence-corrected chi connectivity index (χ3v) is 3.57. The smallest absolute Gasteiger partial charge is 0.312 e. The molecule has 0 bridgehead atoms. The molecule has 0 unspecified atom stereocenters. The van der Waals surface area contributed by atoms with Gasteiger partial charge in [0.2, 0.25) is 0 Å². The van der Waals surface area contributed by atoms with Crippen molar-refractivity contribution < 1.29 is 9.63 Å². The van der Waals surface area contributed by atoms with Gasteiger partial charge in [0.25, 0.3) is 0 Å². The highest BCUT2D eigenvalue weighted by Gasteiger charge is 2.09. The molecule has 1 aliphatic carbocycles. The summed E-state index contributed by atoms with van der Waals surface area (Å²) in [5.74, 6) is -0.516. The van der Waals surface area contributed by atoms with E-state index < -0.39 is 5.97 Å². The summed E-state index contributed by atoms with van der Waals surface area (Å²) >= 11 is 0. The Kier molecular flexibility index (Phi) is 4.98. The lowest BCUT2D eigenvalue weighted by molar-refractivity contribution is 0.0517. The van der Waals surface area contributed by atoms with Crippen LogP contribution in [-0.4, -0.2) is 11.7 Å². The van der Waals surface area contributed by atoms with Crippen LogP contribution in [-0.2, 0) is 4.84 Å². The minimum atomic E-state index is -0.516. The highest BCUT2D eigenvalue weighted by Crippen LogP contribution is 2.21. The van der Waals surface area contributed by atoms with Crippen molar-refractivity contribution in [3.8, 4) is 6.07 Å². The number of nitrogens with zero attached hydrogens (tertiary/aromatic N) is 2. The monoisotopic (exact) mass is 326 g/mol. The molecule has 0 radical (unpaired) electrons. The molecule has 25 heavy (non-hydrogen) atoms. The molecule has 2 aromatic carbocycles. The number of rotatable bonds is 3. The van der Waals surface area contributed by atoms with Crippen molar-refractivity contribution in [2.24, 2.45) is 5.16 Å². The molecule has 2 aromatic rings. The molecule has 3 rings (SSSR count). The van der Waals surface area contributed by atoms with Crippen molar-refractivity contribution in [3.63, 3.8) is 0 Å². The number of allylic oxidation sites excluding steroid dienone is 6. The van der Waals surface area contributed by atoms with E-state index in [0.29, 0.717) is 16.8 Å². The summed E-state index contributed by atoms with van der Waals surface area (Å²) in [5.41, 5.74) is 3.14. The third-order valence-electron chi connectivity index (χ3n) is 3.57. The Morgan fingerprint density at radius 3 is 1.96 bits per heavy atom. The summed E-state index contributed by atoms with van der Waals surface area (Å²) in [6.45, 7) is 0. The van der Waals surface area contributed by atoms with Gasteiger partial charge in [0.1, 0.15) is 11.8 Å². The van der Waals surface area contributed by atoms with Crippen molar-refractivity contribution in [3.05, 3.63) is 102 Å². The Labute approximate surface area is 145 Å². The zero-order chi connectivity index (χ0) is 17.5. The second-order valence-electron chi connectivity index (χ2n) is 5.24. The molecule has 0 N–H and O–H groups in total. The van der Waals surface area contributed by atoms with E-state index in [-0.39, 0.29) is 0 Å². The minimum absolute atomic E-state index is 0.437. The Bertz CT molecular complexity index is 913. The van der Waals surface area contributed by atoms with Crippen LogP contribution in [0.2, 0.25) is 0 Å². The molecule has 0 heterocycles. The fourth-order valence-corrected chi connectivity index (χ4v) is 2.31. The molecule has 4 nitrogen and oxygen atoms in total. The average molecular weight is 326 g/mol. The first kappa shape index (κ1) is 16.2. The third kappa shape index (κ3) is 3.98. The molecule has 4 heteroatoms. The fraction of sp³-hybridized carbons (Fsp3) is 0. The molecular formula is C21H14N2O2. The summed E-state index contributed by atoms with van der Waals surface area (Å²) in [6.07, 6.45) is 6.96. The molecule has 0 saturated heterocycles. The first-order chi connectivity index (χ1) is 12.3. The van der Waals surface area contributed by atoms with Crippen LogP contribution in [0.1, 0.15) is 15.9 Å². The molecule has 1 aliphatic rings. The number of oxime groups is 1. The summed E-state index contributed by atoms with van der Waals surface area (Å²) in [6, 6.07) is 20.3. The van der Waals surface area contributed by atoms with Crippen LogP contribution >= 0.6 is 0 Å². The Hall–Kier alpha value is -3.71. The van der Waals surface area contributed by atoms with Gasteiger partial charge in [-0.1, -0.05) is 65.8 Å².